The summed E-state index contributed by atoms with van der Waals surface area (Å²) in [5.41, 5.74) is 12.7. The number of aromatic nitrogens is 2. The standard InChI is InChI=1S/C23H24FN3O3/c1-3-30-10-15-12(9-28)6-19-22-14(8-27(19)23(15)29)20-17(25)5-4-13-11(2)16(24)7-18(26-22)21(13)20/h6-7,17,28H,3-5,8-10,25H2,1-2H3. The fourth-order valence-electron chi connectivity index (χ4n) is 4.93. The first-order chi connectivity index (χ1) is 14.5. The zero-order valence-corrected chi connectivity index (χ0v) is 17.1. The molecular weight excluding hydrogens is 385 g/mol. The van der Waals surface area contributed by atoms with E-state index in [2.05, 4.69) is 0 Å². The summed E-state index contributed by atoms with van der Waals surface area (Å²) >= 11 is 0. The summed E-state index contributed by atoms with van der Waals surface area (Å²) in [5.74, 6) is -0.273. The van der Waals surface area contributed by atoms with Gasteiger partial charge in [0, 0.05) is 35.2 Å². The number of aliphatic hydroxyl groups excluding tert-OH is 1. The summed E-state index contributed by atoms with van der Waals surface area (Å²) in [4.78, 5) is 18.0. The molecule has 1 aliphatic carbocycles. The molecular formula is C23H24FN3O3. The van der Waals surface area contributed by atoms with Crippen LogP contribution in [0, 0.1) is 12.7 Å². The number of nitrogens with two attached hydrogens (primary N) is 1. The quantitative estimate of drug-likeness (QED) is 0.541. The molecule has 2 aliphatic rings. The Morgan fingerprint density at radius 2 is 2.17 bits per heavy atom. The van der Waals surface area contributed by atoms with Crippen molar-refractivity contribution in [1.82, 2.24) is 9.55 Å². The van der Waals surface area contributed by atoms with Crippen LogP contribution in [0.3, 0.4) is 0 Å². The minimum absolute atomic E-state index is 0.151. The minimum Gasteiger partial charge on any atom is -0.392 e. The van der Waals surface area contributed by atoms with Crippen LogP contribution in [-0.4, -0.2) is 21.3 Å². The first-order valence-corrected chi connectivity index (χ1v) is 10.3. The van der Waals surface area contributed by atoms with Gasteiger partial charge >= 0.3 is 0 Å². The van der Waals surface area contributed by atoms with Crippen LogP contribution in [0.15, 0.2) is 16.9 Å². The van der Waals surface area contributed by atoms with Crippen molar-refractivity contribution >= 4 is 10.9 Å². The summed E-state index contributed by atoms with van der Waals surface area (Å²) in [7, 11) is 0. The van der Waals surface area contributed by atoms with E-state index in [4.69, 9.17) is 15.5 Å². The number of nitrogens with zero attached hydrogens (tertiary/aromatic N) is 2. The van der Waals surface area contributed by atoms with E-state index in [0.29, 0.717) is 46.7 Å². The summed E-state index contributed by atoms with van der Waals surface area (Å²) in [6.45, 7) is 4.39. The third kappa shape index (κ3) is 2.59. The minimum atomic E-state index is -0.273. The third-order valence-corrected chi connectivity index (χ3v) is 6.49. The molecule has 5 rings (SSSR count). The van der Waals surface area contributed by atoms with Gasteiger partial charge in [-0.15, -0.1) is 0 Å². The summed E-state index contributed by atoms with van der Waals surface area (Å²) < 4.78 is 21.7. The van der Waals surface area contributed by atoms with Gasteiger partial charge in [-0.1, -0.05) is 0 Å². The Balaban J connectivity index is 1.81. The Labute approximate surface area is 173 Å². The largest absolute Gasteiger partial charge is 0.392 e. The number of ether oxygens (including phenoxy) is 1. The van der Waals surface area contributed by atoms with Crippen LogP contribution in [0.1, 0.15) is 52.8 Å². The maximum absolute atomic E-state index is 14.6. The van der Waals surface area contributed by atoms with Crippen molar-refractivity contribution in [3.63, 3.8) is 0 Å². The highest BCUT2D eigenvalue weighted by atomic mass is 19.1. The molecule has 0 amide bonds. The number of hydrogen-bond donors (Lipinski definition) is 2. The summed E-state index contributed by atoms with van der Waals surface area (Å²) in [5, 5.41) is 10.8. The van der Waals surface area contributed by atoms with Gasteiger partial charge in [0.2, 0.25) is 0 Å². The van der Waals surface area contributed by atoms with E-state index in [0.717, 1.165) is 34.9 Å². The van der Waals surface area contributed by atoms with E-state index >= 15 is 0 Å². The van der Waals surface area contributed by atoms with Crippen LogP contribution in [0.25, 0.3) is 22.3 Å². The molecule has 0 saturated carbocycles. The second-order valence-electron chi connectivity index (χ2n) is 8.07. The van der Waals surface area contributed by atoms with Crippen molar-refractivity contribution in [2.24, 2.45) is 5.73 Å². The molecule has 1 aromatic carbocycles. The van der Waals surface area contributed by atoms with E-state index in [1.54, 1.807) is 17.6 Å². The van der Waals surface area contributed by atoms with Crippen LogP contribution >= 0.6 is 0 Å². The zero-order valence-electron chi connectivity index (χ0n) is 17.1. The number of aryl methyl sites for hydroxylation is 1. The molecule has 3 heterocycles. The number of pyridine rings is 2. The fraction of sp³-hybridized carbons (Fsp3) is 0.391. The number of hydrogen-bond acceptors (Lipinski definition) is 5. The normalized spacial score (nSPS) is 16.8. The molecule has 1 aliphatic heterocycles. The average molecular weight is 409 g/mol. The third-order valence-electron chi connectivity index (χ3n) is 6.49. The Kier molecular flexibility index (Phi) is 4.50. The molecule has 156 valence electrons. The number of fused-ring (bicyclic) bond motifs is 4. The van der Waals surface area contributed by atoms with Crippen LogP contribution in [-0.2, 0) is 30.9 Å². The van der Waals surface area contributed by atoms with Crippen molar-refractivity contribution in [2.75, 3.05) is 6.61 Å². The second kappa shape index (κ2) is 6.97. The van der Waals surface area contributed by atoms with E-state index < -0.39 is 0 Å². The average Bonchev–Trinajstić information content (AvgIpc) is 3.10. The van der Waals surface area contributed by atoms with Crippen LogP contribution < -0.4 is 11.3 Å². The molecule has 0 saturated heterocycles. The molecule has 0 fully saturated rings. The lowest BCUT2D eigenvalue weighted by Crippen LogP contribution is -2.26. The summed E-state index contributed by atoms with van der Waals surface area (Å²) in [6.07, 6.45) is 1.44. The molecule has 1 atom stereocenters. The van der Waals surface area contributed by atoms with Crippen molar-refractivity contribution < 1.29 is 14.2 Å². The number of benzene rings is 1. The molecule has 0 radical (unpaired) electrons. The van der Waals surface area contributed by atoms with E-state index in [9.17, 15) is 14.3 Å². The highest BCUT2D eigenvalue weighted by molar-refractivity contribution is 5.92. The Hall–Kier alpha value is -2.61. The first-order valence-electron chi connectivity index (χ1n) is 10.3. The molecule has 6 nitrogen and oxygen atoms in total. The highest BCUT2D eigenvalue weighted by Crippen LogP contribution is 2.43. The zero-order chi connectivity index (χ0) is 21.2. The smallest absolute Gasteiger partial charge is 0.257 e. The topological polar surface area (TPSA) is 90.4 Å². The van der Waals surface area contributed by atoms with E-state index in [-0.39, 0.29) is 30.6 Å². The molecule has 3 N–H and O–H groups in total. The maximum Gasteiger partial charge on any atom is 0.257 e. The van der Waals surface area contributed by atoms with Gasteiger partial charge in [-0.25, -0.2) is 9.37 Å². The van der Waals surface area contributed by atoms with Crippen LogP contribution in [0.2, 0.25) is 0 Å². The first kappa shape index (κ1) is 19.4. The van der Waals surface area contributed by atoms with Gasteiger partial charge in [0.15, 0.2) is 0 Å². The molecule has 1 unspecified atom stereocenters. The molecule has 7 heteroatoms. The van der Waals surface area contributed by atoms with Crippen molar-refractivity contribution in [3.05, 3.63) is 61.7 Å². The van der Waals surface area contributed by atoms with Gasteiger partial charge in [-0.2, -0.15) is 0 Å². The van der Waals surface area contributed by atoms with Gasteiger partial charge in [-0.05, 0) is 55.0 Å². The maximum atomic E-state index is 14.6. The van der Waals surface area contributed by atoms with Crippen molar-refractivity contribution in [3.8, 4) is 11.4 Å². The monoisotopic (exact) mass is 409 g/mol. The summed E-state index contributed by atoms with van der Waals surface area (Å²) in [6, 6.07) is 3.08. The molecule has 0 spiro atoms. The Morgan fingerprint density at radius 1 is 1.37 bits per heavy atom. The molecule has 0 bridgehead atoms. The van der Waals surface area contributed by atoms with Crippen molar-refractivity contribution in [2.45, 2.75) is 52.5 Å². The van der Waals surface area contributed by atoms with Crippen LogP contribution in [0.5, 0.6) is 0 Å². The lowest BCUT2D eigenvalue weighted by Gasteiger charge is -2.26. The van der Waals surface area contributed by atoms with Crippen molar-refractivity contribution in [1.29, 1.82) is 0 Å². The van der Waals surface area contributed by atoms with Crippen LogP contribution in [0.4, 0.5) is 4.39 Å². The Morgan fingerprint density at radius 3 is 2.90 bits per heavy atom. The molecule has 30 heavy (non-hydrogen) atoms. The number of aliphatic hydroxyl groups is 1. The van der Waals surface area contributed by atoms with Gasteiger partial charge in [0.25, 0.3) is 5.56 Å². The second-order valence-corrected chi connectivity index (χ2v) is 8.07. The molecule has 3 aromatic rings. The number of halogens is 1. The highest BCUT2D eigenvalue weighted by Gasteiger charge is 2.33. The molecule has 2 aromatic heterocycles. The van der Waals surface area contributed by atoms with Gasteiger partial charge in [0.1, 0.15) is 5.82 Å². The predicted molar refractivity (Wildman–Crippen MR) is 112 cm³/mol. The lowest BCUT2D eigenvalue weighted by molar-refractivity contribution is 0.130. The van der Waals surface area contributed by atoms with Gasteiger partial charge in [0.05, 0.1) is 36.7 Å². The lowest BCUT2D eigenvalue weighted by atomic mass is 9.82. The fourth-order valence-corrected chi connectivity index (χ4v) is 4.93. The number of rotatable bonds is 4. The Bertz CT molecular complexity index is 1270. The van der Waals surface area contributed by atoms with E-state index in [1.165, 1.54) is 6.07 Å². The van der Waals surface area contributed by atoms with E-state index in [1.807, 2.05) is 6.92 Å². The SMILES string of the molecule is CCOCc1c(CO)cc2n(c1=O)Cc1c-2nc2cc(F)c(C)c3c2c1C(N)CC3. The predicted octanol–water partition coefficient (Wildman–Crippen LogP) is 2.85. The van der Waals surface area contributed by atoms with Gasteiger partial charge in [-0.3, -0.25) is 4.79 Å². The van der Waals surface area contributed by atoms with Gasteiger partial charge < -0.3 is 20.1 Å².